The van der Waals surface area contributed by atoms with Crippen molar-refractivity contribution in [2.24, 2.45) is 0 Å². The molecule has 0 aliphatic heterocycles. The number of aromatic amines is 2. The molecular weight excluding hydrogens is 813 g/mol. The summed E-state index contributed by atoms with van der Waals surface area (Å²) in [5, 5.41) is 1.34. The Labute approximate surface area is 292 Å². The third kappa shape index (κ3) is 6.08. The van der Waals surface area contributed by atoms with Crippen LogP contribution in [0.15, 0.2) is 121 Å². The van der Waals surface area contributed by atoms with E-state index in [0.717, 1.165) is 74.9 Å². The molecule has 44 heavy (non-hydrogen) atoms. The second kappa shape index (κ2) is 12.5. The van der Waals surface area contributed by atoms with Crippen molar-refractivity contribution in [3.8, 4) is 67.8 Å². The van der Waals surface area contributed by atoms with Gasteiger partial charge in [0, 0.05) is 50.6 Å². The van der Waals surface area contributed by atoms with Gasteiger partial charge in [-0.15, -0.1) is 0 Å². The van der Waals surface area contributed by atoms with Crippen LogP contribution in [0.25, 0.3) is 67.8 Å². The number of nitrogens with one attached hydrogen (secondary N) is 2. The first-order chi connectivity index (χ1) is 21.4. The molecule has 0 saturated carbocycles. The Morgan fingerprint density at radius 3 is 1.41 bits per heavy atom. The molecule has 0 atom stereocenters. The number of H-pyrrole nitrogens is 2. The van der Waals surface area contributed by atoms with Crippen LogP contribution < -0.4 is 0 Å². The van der Waals surface area contributed by atoms with Crippen molar-refractivity contribution in [3.05, 3.63) is 139 Å². The summed E-state index contributed by atoms with van der Waals surface area (Å²) in [7, 11) is 0. The molecule has 7 aromatic rings. The summed E-state index contributed by atoms with van der Waals surface area (Å²) in [6, 6.07) is 40.7. The van der Waals surface area contributed by atoms with Crippen molar-refractivity contribution >= 4 is 68.4 Å². The van der Waals surface area contributed by atoms with Crippen molar-refractivity contribution in [3.63, 3.8) is 0 Å². The molecule has 0 spiro atoms. The molecule has 0 bridgehead atoms. The van der Waals surface area contributed by atoms with Gasteiger partial charge in [-0.05, 0) is 93.7 Å². The standard InChI is InChI=1S/C36H22Cl2I2N4/c37-27-9-1-7-25(17-27)35-41-31(33(43-35)23-5-3-11-29(39)19-23)21-13-15-22(16-14-21)32-34(24-6-4-12-30(40)20-24)44-36(42-32)26-8-2-10-28(38)18-26/h1-20H,(H,41,43)(H,42,44). The zero-order valence-corrected chi connectivity index (χ0v) is 28.8. The number of rotatable bonds is 6. The first-order valence-electron chi connectivity index (χ1n) is 13.8. The predicted octanol–water partition coefficient (Wildman–Crippen LogP) is 11.7. The van der Waals surface area contributed by atoms with E-state index in [0.29, 0.717) is 10.0 Å². The highest BCUT2D eigenvalue weighted by molar-refractivity contribution is 14.1. The lowest BCUT2D eigenvalue weighted by Crippen LogP contribution is -1.87. The van der Waals surface area contributed by atoms with Gasteiger partial charge < -0.3 is 9.97 Å². The fraction of sp³-hybridized carbons (Fsp3) is 0. The molecule has 4 nitrogen and oxygen atoms in total. The van der Waals surface area contributed by atoms with E-state index in [1.165, 1.54) is 0 Å². The second-order valence-electron chi connectivity index (χ2n) is 10.2. The summed E-state index contributed by atoms with van der Waals surface area (Å²) in [6.07, 6.45) is 0. The molecule has 8 heteroatoms. The number of aromatic nitrogens is 4. The third-order valence-electron chi connectivity index (χ3n) is 7.26. The van der Waals surface area contributed by atoms with Gasteiger partial charge >= 0.3 is 0 Å². The number of nitrogens with zero attached hydrogens (tertiary/aromatic N) is 2. The van der Waals surface area contributed by atoms with Gasteiger partial charge in [0.25, 0.3) is 0 Å². The van der Waals surface area contributed by atoms with Crippen LogP contribution in [0, 0.1) is 7.14 Å². The minimum atomic E-state index is 0.667. The van der Waals surface area contributed by atoms with Crippen molar-refractivity contribution in [2.45, 2.75) is 0 Å². The molecule has 0 saturated heterocycles. The van der Waals surface area contributed by atoms with Gasteiger partial charge in [-0.25, -0.2) is 9.97 Å². The summed E-state index contributed by atoms with van der Waals surface area (Å²) in [5.74, 6) is 1.53. The molecular formula is C36H22Cl2I2N4. The Morgan fingerprint density at radius 2 is 0.864 bits per heavy atom. The minimum Gasteiger partial charge on any atom is -0.337 e. The maximum absolute atomic E-state index is 6.33. The maximum Gasteiger partial charge on any atom is 0.138 e. The molecule has 7 rings (SSSR count). The van der Waals surface area contributed by atoms with E-state index in [1.54, 1.807) is 0 Å². The monoisotopic (exact) mass is 834 g/mol. The van der Waals surface area contributed by atoms with Crippen molar-refractivity contribution in [2.75, 3.05) is 0 Å². The highest BCUT2D eigenvalue weighted by atomic mass is 127. The summed E-state index contributed by atoms with van der Waals surface area (Å²) in [5.41, 5.74) is 9.63. The Bertz CT molecular complexity index is 1980. The normalized spacial score (nSPS) is 11.2. The van der Waals surface area contributed by atoms with E-state index < -0.39 is 0 Å². The van der Waals surface area contributed by atoms with Gasteiger partial charge in [-0.3, -0.25) is 0 Å². The van der Waals surface area contributed by atoms with Crippen LogP contribution in [-0.4, -0.2) is 19.9 Å². The Balaban J connectivity index is 1.34. The Hall–Kier alpha value is -3.44. The fourth-order valence-electron chi connectivity index (χ4n) is 5.20. The summed E-state index contributed by atoms with van der Waals surface area (Å²) in [6.45, 7) is 0. The van der Waals surface area contributed by atoms with Gasteiger partial charge in [-0.2, -0.15) is 0 Å². The van der Waals surface area contributed by atoms with Crippen LogP contribution in [0.3, 0.4) is 0 Å². The van der Waals surface area contributed by atoms with Gasteiger partial charge in [0.05, 0.1) is 22.8 Å². The quantitative estimate of drug-likeness (QED) is 0.164. The summed E-state index contributed by atoms with van der Waals surface area (Å²) >= 11 is 17.3. The summed E-state index contributed by atoms with van der Waals surface area (Å²) < 4.78 is 2.30. The van der Waals surface area contributed by atoms with Gasteiger partial charge in [-0.1, -0.05) is 96.0 Å². The maximum atomic E-state index is 6.33. The Kier molecular flexibility index (Phi) is 8.33. The molecule has 5 aromatic carbocycles. The van der Waals surface area contributed by atoms with Crippen LogP contribution in [-0.2, 0) is 0 Å². The summed E-state index contributed by atoms with van der Waals surface area (Å²) in [4.78, 5) is 17.3. The molecule has 2 N–H and O–H groups in total. The predicted molar refractivity (Wildman–Crippen MR) is 199 cm³/mol. The highest BCUT2D eigenvalue weighted by Gasteiger charge is 2.19. The molecule has 2 aromatic heterocycles. The second-order valence-corrected chi connectivity index (χ2v) is 13.6. The lowest BCUT2D eigenvalue weighted by atomic mass is 10.0. The first-order valence-corrected chi connectivity index (χ1v) is 16.7. The van der Waals surface area contributed by atoms with Crippen LogP contribution in [0.5, 0.6) is 0 Å². The van der Waals surface area contributed by atoms with Crippen molar-refractivity contribution < 1.29 is 0 Å². The zero-order chi connectivity index (χ0) is 30.2. The third-order valence-corrected chi connectivity index (χ3v) is 9.07. The Morgan fingerprint density at radius 1 is 0.432 bits per heavy atom. The topological polar surface area (TPSA) is 57.4 Å². The number of halogens is 4. The number of hydrogen-bond acceptors (Lipinski definition) is 2. The van der Waals surface area contributed by atoms with Gasteiger partial charge in [0.2, 0.25) is 0 Å². The van der Waals surface area contributed by atoms with Crippen LogP contribution in [0.4, 0.5) is 0 Å². The van der Waals surface area contributed by atoms with Crippen LogP contribution in [0.1, 0.15) is 0 Å². The van der Waals surface area contributed by atoms with Crippen molar-refractivity contribution in [1.29, 1.82) is 0 Å². The van der Waals surface area contributed by atoms with E-state index in [2.05, 4.69) is 128 Å². The lowest BCUT2D eigenvalue weighted by Gasteiger charge is -2.07. The molecule has 0 fully saturated rings. The molecule has 0 aliphatic rings. The van der Waals surface area contributed by atoms with Crippen LogP contribution >= 0.6 is 68.4 Å². The van der Waals surface area contributed by atoms with Crippen LogP contribution in [0.2, 0.25) is 10.0 Å². The molecule has 2 heterocycles. The average molecular weight is 835 g/mol. The smallest absolute Gasteiger partial charge is 0.138 e. The molecule has 0 radical (unpaired) electrons. The number of imidazole rings is 2. The molecule has 214 valence electrons. The average Bonchev–Trinajstić information content (AvgIpc) is 3.68. The van der Waals surface area contributed by atoms with E-state index in [9.17, 15) is 0 Å². The first kappa shape index (κ1) is 29.3. The van der Waals surface area contributed by atoms with E-state index in [-0.39, 0.29) is 0 Å². The SMILES string of the molecule is Clc1cccc(-c2nc(-c3cccc(I)c3)c(-c3ccc(-c4nc(-c5cccc(Cl)c5)[nH]c4-c4cccc(I)c4)cc3)[nH]2)c1. The zero-order valence-electron chi connectivity index (χ0n) is 23.0. The molecule has 0 amide bonds. The highest BCUT2D eigenvalue weighted by Crippen LogP contribution is 2.38. The van der Waals surface area contributed by atoms with E-state index >= 15 is 0 Å². The van der Waals surface area contributed by atoms with Crippen molar-refractivity contribution in [1.82, 2.24) is 19.9 Å². The fourth-order valence-corrected chi connectivity index (χ4v) is 6.67. The minimum absolute atomic E-state index is 0.667. The number of benzene rings is 5. The molecule has 0 unspecified atom stereocenters. The lowest BCUT2D eigenvalue weighted by molar-refractivity contribution is 1.31. The number of hydrogen-bond donors (Lipinski definition) is 2. The largest absolute Gasteiger partial charge is 0.337 e. The van der Waals surface area contributed by atoms with Gasteiger partial charge in [0.1, 0.15) is 11.6 Å². The van der Waals surface area contributed by atoms with Gasteiger partial charge in [0.15, 0.2) is 0 Å². The van der Waals surface area contributed by atoms with E-state index in [4.69, 9.17) is 33.2 Å². The molecule has 0 aliphatic carbocycles. The van der Waals surface area contributed by atoms with E-state index in [1.807, 2.05) is 48.5 Å².